The zero-order valence-electron chi connectivity index (χ0n) is 12.8. The molecule has 0 bridgehead atoms. The summed E-state index contributed by atoms with van der Waals surface area (Å²) in [5.41, 5.74) is 1.70. The van der Waals surface area contributed by atoms with Gasteiger partial charge in [0.05, 0.1) is 5.69 Å². The third-order valence-corrected chi connectivity index (χ3v) is 3.26. The number of hydrogen-bond donors (Lipinski definition) is 1. The maximum atomic E-state index is 14.0. The van der Waals surface area contributed by atoms with Crippen molar-refractivity contribution in [1.82, 2.24) is 10.3 Å². The number of rotatable bonds is 6. The number of benzene rings is 1. The van der Waals surface area contributed by atoms with Crippen molar-refractivity contribution < 1.29 is 4.39 Å². The summed E-state index contributed by atoms with van der Waals surface area (Å²) in [7, 11) is 0. The highest BCUT2D eigenvalue weighted by atomic mass is 19.1. The second-order valence-corrected chi connectivity index (χ2v) is 5.25. The van der Waals surface area contributed by atoms with Gasteiger partial charge in [-0.25, -0.2) is 9.37 Å². The minimum Gasteiger partial charge on any atom is -0.324 e. The lowest BCUT2D eigenvalue weighted by molar-refractivity contribution is 0.588. The van der Waals surface area contributed by atoms with E-state index in [0.717, 1.165) is 17.9 Å². The van der Waals surface area contributed by atoms with Crippen LogP contribution in [0.1, 0.15) is 26.3 Å². The molecule has 2 aromatic rings. The molecule has 0 aliphatic carbocycles. The molecule has 21 heavy (non-hydrogen) atoms. The van der Waals surface area contributed by atoms with Gasteiger partial charge in [-0.15, -0.1) is 0 Å². The molecule has 1 aromatic carbocycles. The Bertz CT molecular complexity index is 584. The van der Waals surface area contributed by atoms with Gasteiger partial charge in [0.25, 0.3) is 0 Å². The van der Waals surface area contributed by atoms with E-state index in [4.69, 9.17) is 0 Å². The lowest BCUT2D eigenvalue weighted by Crippen LogP contribution is -2.23. The second kappa shape index (κ2) is 7.18. The van der Waals surface area contributed by atoms with Gasteiger partial charge in [0.15, 0.2) is 0 Å². The highest BCUT2D eigenvalue weighted by Gasteiger charge is 2.13. The van der Waals surface area contributed by atoms with E-state index in [2.05, 4.69) is 24.1 Å². The van der Waals surface area contributed by atoms with Gasteiger partial charge in [0.2, 0.25) is 0 Å². The van der Waals surface area contributed by atoms with Crippen LogP contribution in [0.5, 0.6) is 0 Å². The number of anilines is 2. The Morgan fingerprint density at radius 3 is 2.67 bits per heavy atom. The first-order valence-corrected chi connectivity index (χ1v) is 7.32. The predicted molar refractivity (Wildman–Crippen MR) is 85.3 cm³/mol. The van der Waals surface area contributed by atoms with Gasteiger partial charge in [-0.1, -0.05) is 26.0 Å². The standard InChI is InChI=1S/C17H22FN3/c1-4-21(16-8-6-5-7-15(16)18)17-11-14(9-10-19-17)12-20-13(2)3/h5-11,13,20H,4,12H2,1-3H3. The maximum Gasteiger partial charge on any atom is 0.146 e. The van der Waals surface area contributed by atoms with Crippen LogP contribution in [0.3, 0.4) is 0 Å². The van der Waals surface area contributed by atoms with E-state index in [0.29, 0.717) is 18.3 Å². The molecule has 0 saturated heterocycles. The average molecular weight is 287 g/mol. The largest absolute Gasteiger partial charge is 0.324 e. The Morgan fingerprint density at radius 1 is 1.24 bits per heavy atom. The van der Waals surface area contributed by atoms with Crippen molar-refractivity contribution in [2.24, 2.45) is 0 Å². The van der Waals surface area contributed by atoms with Crippen molar-refractivity contribution >= 4 is 11.5 Å². The SMILES string of the molecule is CCN(c1cc(CNC(C)C)ccn1)c1ccccc1F. The van der Waals surface area contributed by atoms with E-state index in [1.807, 2.05) is 30.0 Å². The maximum absolute atomic E-state index is 14.0. The molecule has 112 valence electrons. The Balaban J connectivity index is 2.26. The van der Waals surface area contributed by atoms with Crippen molar-refractivity contribution in [3.8, 4) is 0 Å². The first-order valence-electron chi connectivity index (χ1n) is 7.32. The zero-order chi connectivity index (χ0) is 15.2. The minimum absolute atomic E-state index is 0.230. The molecule has 0 atom stereocenters. The average Bonchev–Trinajstić information content (AvgIpc) is 2.48. The van der Waals surface area contributed by atoms with Crippen molar-refractivity contribution in [2.45, 2.75) is 33.4 Å². The van der Waals surface area contributed by atoms with E-state index >= 15 is 0 Å². The summed E-state index contributed by atoms with van der Waals surface area (Å²) in [5.74, 6) is 0.539. The first-order chi connectivity index (χ1) is 10.1. The van der Waals surface area contributed by atoms with Crippen molar-refractivity contribution in [2.75, 3.05) is 11.4 Å². The number of hydrogen-bond acceptors (Lipinski definition) is 3. The van der Waals surface area contributed by atoms with Crippen LogP contribution in [0.4, 0.5) is 15.9 Å². The monoisotopic (exact) mass is 287 g/mol. The van der Waals surface area contributed by atoms with Gasteiger partial charge in [-0.3, -0.25) is 0 Å². The van der Waals surface area contributed by atoms with Crippen LogP contribution >= 0.6 is 0 Å². The minimum atomic E-state index is -0.230. The summed E-state index contributed by atoms with van der Waals surface area (Å²) >= 11 is 0. The highest BCUT2D eigenvalue weighted by Crippen LogP contribution is 2.26. The van der Waals surface area contributed by atoms with Gasteiger partial charge in [0, 0.05) is 25.3 Å². The van der Waals surface area contributed by atoms with Crippen molar-refractivity contribution in [1.29, 1.82) is 0 Å². The molecule has 1 N–H and O–H groups in total. The Hall–Kier alpha value is -1.94. The molecule has 2 rings (SSSR count). The molecule has 0 aliphatic heterocycles. The fraction of sp³-hybridized carbons (Fsp3) is 0.353. The number of aromatic nitrogens is 1. The van der Waals surface area contributed by atoms with E-state index in [1.165, 1.54) is 6.07 Å². The quantitative estimate of drug-likeness (QED) is 0.874. The zero-order valence-corrected chi connectivity index (χ0v) is 12.8. The molecule has 1 heterocycles. The summed E-state index contributed by atoms with van der Waals surface area (Å²) in [6, 6.07) is 11.2. The van der Waals surface area contributed by atoms with E-state index < -0.39 is 0 Å². The molecule has 0 amide bonds. The molecule has 4 heteroatoms. The van der Waals surface area contributed by atoms with Crippen LogP contribution in [0, 0.1) is 5.82 Å². The van der Waals surface area contributed by atoms with Crippen LogP contribution in [0.2, 0.25) is 0 Å². The van der Waals surface area contributed by atoms with E-state index in [1.54, 1.807) is 18.3 Å². The number of nitrogens with one attached hydrogen (secondary N) is 1. The lowest BCUT2D eigenvalue weighted by Gasteiger charge is -2.23. The molecular weight excluding hydrogens is 265 g/mol. The fourth-order valence-corrected chi connectivity index (χ4v) is 2.17. The molecule has 0 fully saturated rings. The summed E-state index contributed by atoms with van der Waals surface area (Å²) < 4.78 is 14.0. The summed E-state index contributed by atoms with van der Waals surface area (Å²) in [5, 5.41) is 3.38. The fourth-order valence-electron chi connectivity index (χ4n) is 2.17. The van der Waals surface area contributed by atoms with Gasteiger partial charge in [-0.05, 0) is 36.8 Å². The summed E-state index contributed by atoms with van der Waals surface area (Å²) in [4.78, 5) is 6.27. The first kappa shape index (κ1) is 15.4. The number of pyridine rings is 1. The van der Waals surface area contributed by atoms with Crippen LogP contribution in [0.15, 0.2) is 42.6 Å². The Kier molecular flexibility index (Phi) is 5.28. The topological polar surface area (TPSA) is 28.2 Å². The van der Waals surface area contributed by atoms with E-state index in [9.17, 15) is 4.39 Å². The molecule has 0 aliphatic rings. The molecular formula is C17H22FN3. The Morgan fingerprint density at radius 2 is 2.00 bits per heavy atom. The summed E-state index contributed by atoms with van der Waals surface area (Å²) in [6.45, 7) is 7.66. The highest BCUT2D eigenvalue weighted by molar-refractivity contribution is 5.60. The van der Waals surface area contributed by atoms with Gasteiger partial charge < -0.3 is 10.2 Å². The summed E-state index contributed by atoms with van der Waals surface area (Å²) in [6.07, 6.45) is 1.77. The van der Waals surface area contributed by atoms with Crippen LogP contribution < -0.4 is 10.2 Å². The van der Waals surface area contributed by atoms with Crippen LogP contribution in [-0.2, 0) is 6.54 Å². The second-order valence-electron chi connectivity index (χ2n) is 5.25. The van der Waals surface area contributed by atoms with Gasteiger partial charge >= 0.3 is 0 Å². The van der Waals surface area contributed by atoms with Crippen molar-refractivity contribution in [3.05, 3.63) is 54.0 Å². The van der Waals surface area contributed by atoms with E-state index in [-0.39, 0.29) is 5.82 Å². The number of nitrogens with zero attached hydrogens (tertiary/aromatic N) is 2. The molecule has 3 nitrogen and oxygen atoms in total. The van der Waals surface area contributed by atoms with Gasteiger partial charge in [-0.2, -0.15) is 0 Å². The number of halogens is 1. The van der Waals surface area contributed by atoms with Crippen LogP contribution in [0.25, 0.3) is 0 Å². The molecule has 0 spiro atoms. The van der Waals surface area contributed by atoms with Crippen molar-refractivity contribution in [3.63, 3.8) is 0 Å². The van der Waals surface area contributed by atoms with Crippen LogP contribution in [-0.4, -0.2) is 17.6 Å². The number of para-hydroxylation sites is 1. The smallest absolute Gasteiger partial charge is 0.146 e. The molecule has 0 radical (unpaired) electrons. The molecule has 0 saturated carbocycles. The molecule has 0 unspecified atom stereocenters. The third-order valence-electron chi connectivity index (χ3n) is 3.26. The molecule has 1 aromatic heterocycles. The normalized spacial score (nSPS) is 10.9. The lowest BCUT2D eigenvalue weighted by atomic mass is 10.2. The third kappa shape index (κ3) is 4.02. The van der Waals surface area contributed by atoms with Gasteiger partial charge in [0.1, 0.15) is 11.6 Å². The Labute approximate surface area is 125 Å². The predicted octanol–water partition coefficient (Wildman–Crippen LogP) is 3.88.